The molecule has 0 aromatic carbocycles. The van der Waals surface area contributed by atoms with Crippen LogP contribution in [0.2, 0.25) is 0 Å². The summed E-state index contributed by atoms with van der Waals surface area (Å²) in [6.45, 7) is 4.92. The second-order valence-electron chi connectivity index (χ2n) is 6.82. The normalized spacial score (nSPS) is 15.7. The van der Waals surface area contributed by atoms with Gasteiger partial charge in [-0.1, -0.05) is 6.07 Å². The van der Waals surface area contributed by atoms with Gasteiger partial charge in [0.25, 0.3) is 11.5 Å². The Kier molecular flexibility index (Phi) is 11.3. The average molecular weight is 459 g/mol. The number of carbonyl (C=O) groups is 1. The Labute approximate surface area is 188 Å². The maximum atomic E-state index is 12.8. The molecule has 1 fully saturated rings. The number of piperidine rings is 1. The van der Waals surface area contributed by atoms with E-state index in [2.05, 4.69) is 15.6 Å². The van der Waals surface area contributed by atoms with Crippen molar-refractivity contribution in [3.05, 3.63) is 58.1 Å². The lowest BCUT2D eigenvalue weighted by molar-refractivity contribution is 0.0953. The lowest BCUT2D eigenvalue weighted by Crippen LogP contribution is -2.38. The summed E-state index contributed by atoms with van der Waals surface area (Å²) in [5.41, 5.74) is 0.771. The molecule has 1 unspecified atom stereocenters. The van der Waals surface area contributed by atoms with Crippen molar-refractivity contribution < 1.29 is 4.79 Å². The number of pyridine rings is 2. The monoisotopic (exact) mass is 458 g/mol. The lowest BCUT2D eigenvalue weighted by Gasteiger charge is -2.23. The summed E-state index contributed by atoms with van der Waals surface area (Å²) < 4.78 is 1.68. The SMILES string of the molecule is Cc1ccn(CC2CCCNC2)c(=O)c1C(=O)NCCSc1ccccn1.Cl.Cl. The molecule has 1 aliphatic heterocycles. The van der Waals surface area contributed by atoms with Gasteiger partial charge in [-0.05, 0) is 62.5 Å². The number of rotatable bonds is 7. The van der Waals surface area contributed by atoms with Gasteiger partial charge in [-0.3, -0.25) is 9.59 Å². The fourth-order valence-corrected chi connectivity index (χ4v) is 4.01. The minimum atomic E-state index is -0.296. The van der Waals surface area contributed by atoms with Crippen LogP contribution >= 0.6 is 36.6 Å². The summed E-state index contributed by atoms with van der Waals surface area (Å²) in [5.74, 6) is 0.844. The lowest BCUT2D eigenvalue weighted by atomic mass is 9.99. The molecule has 1 aliphatic rings. The Morgan fingerprint density at radius 2 is 2.17 bits per heavy atom. The van der Waals surface area contributed by atoms with Gasteiger partial charge in [0, 0.05) is 31.2 Å². The van der Waals surface area contributed by atoms with Gasteiger partial charge in [0.1, 0.15) is 5.56 Å². The molecule has 160 valence electrons. The van der Waals surface area contributed by atoms with Crippen LogP contribution in [0.3, 0.4) is 0 Å². The first-order valence-corrected chi connectivity index (χ1v) is 10.4. The van der Waals surface area contributed by atoms with Crippen molar-refractivity contribution in [3.63, 3.8) is 0 Å². The van der Waals surface area contributed by atoms with Crippen molar-refractivity contribution in [2.24, 2.45) is 5.92 Å². The smallest absolute Gasteiger partial charge is 0.263 e. The second kappa shape index (κ2) is 12.9. The zero-order valence-corrected chi connectivity index (χ0v) is 18.9. The third kappa shape index (κ3) is 7.33. The molecule has 0 spiro atoms. The summed E-state index contributed by atoms with van der Waals surface area (Å²) in [6.07, 6.45) is 5.80. The van der Waals surface area contributed by atoms with Crippen molar-refractivity contribution in [1.29, 1.82) is 0 Å². The standard InChI is InChI=1S/C20H26N4O2S.2ClH/c1-15-7-11-24(14-16-5-4-8-21-13-16)20(26)18(15)19(25)23-10-12-27-17-6-2-3-9-22-17;;/h2-3,6-7,9,11,16,21H,4-5,8,10,12-14H2,1H3,(H,23,25);2*1H. The number of hydrogen-bond acceptors (Lipinski definition) is 5. The van der Waals surface area contributed by atoms with Crippen LogP contribution in [-0.4, -0.2) is 40.8 Å². The molecule has 0 radical (unpaired) electrons. The number of aromatic nitrogens is 2. The van der Waals surface area contributed by atoms with E-state index < -0.39 is 0 Å². The van der Waals surface area contributed by atoms with Crippen molar-refractivity contribution in [3.8, 4) is 0 Å². The Balaban J connectivity index is 0.00000210. The minimum Gasteiger partial charge on any atom is -0.351 e. The van der Waals surface area contributed by atoms with E-state index in [-0.39, 0.29) is 41.8 Å². The van der Waals surface area contributed by atoms with E-state index in [1.54, 1.807) is 28.7 Å². The van der Waals surface area contributed by atoms with Crippen LogP contribution in [0.5, 0.6) is 0 Å². The molecule has 3 rings (SSSR count). The van der Waals surface area contributed by atoms with Gasteiger partial charge in [-0.15, -0.1) is 36.6 Å². The van der Waals surface area contributed by atoms with Crippen LogP contribution in [0.4, 0.5) is 0 Å². The molecule has 2 aromatic heterocycles. The summed E-state index contributed by atoms with van der Waals surface area (Å²) in [7, 11) is 0. The third-order valence-corrected chi connectivity index (χ3v) is 5.68. The molecule has 1 saturated heterocycles. The highest BCUT2D eigenvalue weighted by molar-refractivity contribution is 7.99. The molecule has 2 N–H and O–H groups in total. The zero-order chi connectivity index (χ0) is 19.1. The van der Waals surface area contributed by atoms with Gasteiger partial charge >= 0.3 is 0 Å². The summed E-state index contributed by atoms with van der Waals surface area (Å²) in [6, 6.07) is 7.60. The molecule has 0 aliphatic carbocycles. The fourth-order valence-electron chi connectivity index (χ4n) is 3.28. The van der Waals surface area contributed by atoms with Gasteiger partial charge < -0.3 is 15.2 Å². The van der Waals surface area contributed by atoms with Crippen LogP contribution in [0, 0.1) is 12.8 Å². The number of thioether (sulfide) groups is 1. The predicted octanol–water partition coefficient (Wildman–Crippen LogP) is 2.92. The topological polar surface area (TPSA) is 76.0 Å². The van der Waals surface area contributed by atoms with E-state index in [0.29, 0.717) is 30.3 Å². The van der Waals surface area contributed by atoms with Gasteiger partial charge in [0.2, 0.25) is 0 Å². The molecule has 29 heavy (non-hydrogen) atoms. The number of amides is 1. The number of aryl methyl sites for hydroxylation is 1. The quantitative estimate of drug-likeness (QED) is 0.492. The molecule has 1 amide bonds. The number of hydrogen-bond donors (Lipinski definition) is 2. The van der Waals surface area contributed by atoms with Gasteiger partial charge in [-0.2, -0.15) is 0 Å². The Bertz CT molecular complexity index is 827. The summed E-state index contributed by atoms with van der Waals surface area (Å²) >= 11 is 1.58. The molecule has 1 atom stereocenters. The highest BCUT2D eigenvalue weighted by Crippen LogP contribution is 2.14. The zero-order valence-electron chi connectivity index (χ0n) is 16.4. The first-order chi connectivity index (χ1) is 13.1. The van der Waals surface area contributed by atoms with E-state index in [9.17, 15) is 9.59 Å². The van der Waals surface area contributed by atoms with Crippen molar-refractivity contribution in [1.82, 2.24) is 20.2 Å². The van der Waals surface area contributed by atoms with Crippen LogP contribution < -0.4 is 16.2 Å². The number of halogens is 2. The number of nitrogens with one attached hydrogen (secondary N) is 2. The number of nitrogens with zero attached hydrogens (tertiary/aromatic N) is 2. The largest absolute Gasteiger partial charge is 0.351 e. The first-order valence-electron chi connectivity index (χ1n) is 9.38. The molecular formula is C20H28Cl2N4O2S. The Hall–Kier alpha value is -1.54. The fraction of sp³-hybridized carbons (Fsp3) is 0.450. The molecule has 0 bridgehead atoms. The average Bonchev–Trinajstić information content (AvgIpc) is 2.69. The van der Waals surface area contributed by atoms with Gasteiger partial charge in [0.15, 0.2) is 0 Å². The van der Waals surface area contributed by atoms with E-state index in [1.807, 2.05) is 31.2 Å². The molecular weight excluding hydrogens is 431 g/mol. The van der Waals surface area contributed by atoms with E-state index in [4.69, 9.17) is 0 Å². The highest BCUT2D eigenvalue weighted by Gasteiger charge is 2.18. The Morgan fingerprint density at radius 1 is 1.34 bits per heavy atom. The van der Waals surface area contributed by atoms with Crippen LogP contribution in [0.1, 0.15) is 28.8 Å². The molecule has 9 heteroatoms. The number of carbonyl (C=O) groups excluding carboxylic acids is 1. The van der Waals surface area contributed by atoms with Crippen molar-refractivity contribution in [2.45, 2.75) is 31.3 Å². The molecule has 0 saturated carbocycles. The molecule has 6 nitrogen and oxygen atoms in total. The van der Waals surface area contributed by atoms with Gasteiger partial charge in [-0.25, -0.2) is 4.98 Å². The summed E-state index contributed by atoms with van der Waals surface area (Å²) in [5, 5.41) is 7.16. The van der Waals surface area contributed by atoms with E-state index in [0.717, 1.165) is 31.0 Å². The minimum absolute atomic E-state index is 0. The van der Waals surface area contributed by atoms with Crippen LogP contribution in [0.25, 0.3) is 0 Å². The van der Waals surface area contributed by atoms with Crippen molar-refractivity contribution in [2.75, 3.05) is 25.4 Å². The van der Waals surface area contributed by atoms with Crippen molar-refractivity contribution >= 4 is 42.5 Å². The molecule has 3 heterocycles. The van der Waals surface area contributed by atoms with Gasteiger partial charge in [0.05, 0.1) is 5.03 Å². The first kappa shape index (κ1) is 25.5. The predicted molar refractivity (Wildman–Crippen MR) is 123 cm³/mol. The van der Waals surface area contributed by atoms with Crippen LogP contribution in [-0.2, 0) is 6.54 Å². The van der Waals surface area contributed by atoms with Crippen LogP contribution in [0.15, 0.2) is 46.5 Å². The summed E-state index contributed by atoms with van der Waals surface area (Å²) in [4.78, 5) is 29.6. The maximum absolute atomic E-state index is 12.8. The maximum Gasteiger partial charge on any atom is 0.263 e. The highest BCUT2D eigenvalue weighted by atomic mass is 35.5. The molecule has 2 aromatic rings. The third-order valence-electron chi connectivity index (χ3n) is 4.73. The van der Waals surface area contributed by atoms with E-state index >= 15 is 0 Å². The second-order valence-corrected chi connectivity index (χ2v) is 7.93. The van der Waals surface area contributed by atoms with E-state index in [1.165, 1.54) is 0 Å². The Morgan fingerprint density at radius 3 is 2.86 bits per heavy atom.